The number of rotatable bonds is 4. The summed E-state index contributed by atoms with van der Waals surface area (Å²) < 4.78 is 29.2. The van der Waals surface area contributed by atoms with Gasteiger partial charge in [-0.25, -0.2) is 13.8 Å². The van der Waals surface area contributed by atoms with Crippen molar-refractivity contribution in [3.63, 3.8) is 0 Å². The molecule has 34 heavy (non-hydrogen) atoms. The van der Waals surface area contributed by atoms with Crippen molar-refractivity contribution in [1.82, 2.24) is 14.7 Å². The molecular weight excluding hydrogens is 442 g/mol. The van der Waals surface area contributed by atoms with Gasteiger partial charge in [-0.1, -0.05) is 12.8 Å². The van der Waals surface area contributed by atoms with E-state index in [9.17, 15) is 14.0 Å². The fourth-order valence-corrected chi connectivity index (χ4v) is 4.93. The molecule has 2 amide bonds. The zero-order chi connectivity index (χ0) is 24.8. The normalized spacial score (nSPS) is 22.7. The van der Waals surface area contributed by atoms with Gasteiger partial charge >= 0.3 is 0 Å². The van der Waals surface area contributed by atoms with Crippen molar-refractivity contribution in [2.45, 2.75) is 58.8 Å². The Hall–Kier alpha value is -3.17. The maximum absolute atomic E-state index is 15.0. The van der Waals surface area contributed by atoms with E-state index in [1.807, 2.05) is 20.0 Å². The van der Waals surface area contributed by atoms with Gasteiger partial charge in [-0.2, -0.15) is 0 Å². The lowest BCUT2D eigenvalue weighted by Crippen LogP contribution is -2.48. The molecule has 1 unspecified atom stereocenters. The number of anilines is 2. The number of likely N-dealkylation sites (N-methyl/N-ethyl adjacent to an activating group) is 1. The highest BCUT2D eigenvalue weighted by atomic mass is 19.1. The Bertz CT molecular complexity index is 1060. The lowest BCUT2D eigenvalue weighted by Gasteiger charge is -2.38. The lowest BCUT2D eigenvalue weighted by molar-refractivity contribution is -0.136. The zero-order valence-electron chi connectivity index (χ0n) is 20.3. The number of aliphatic imine (C=N–C) groups is 1. The Balaban J connectivity index is 1.72. The van der Waals surface area contributed by atoms with Crippen LogP contribution in [0.4, 0.5) is 20.2 Å². The van der Waals surface area contributed by atoms with Gasteiger partial charge < -0.3 is 25.3 Å². The Morgan fingerprint density at radius 1 is 1.18 bits per heavy atom. The maximum atomic E-state index is 15.0. The molecule has 3 aliphatic rings. The molecule has 1 aromatic carbocycles. The SMILES string of the molecule is CC(=O)Nc1c(F)ccc(NC2N=C3C(=CN2C)N(C)C(=O)C(C)(C)CN3C2CCCC2)c1F. The van der Waals surface area contributed by atoms with Crippen LogP contribution in [0, 0.1) is 17.0 Å². The number of nitrogens with zero attached hydrogens (tertiary/aromatic N) is 4. The topological polar surface area (TPSA) is 80.3 Å². The highest BCUT2D eigenvalue weighted by molar-refractivity contribution is 6.04. The van der Waals surface area contributed by atoms with Crippen LogP contribution in [-0.2, 0) is 9.59 Å². The average Bonchev–Trinajstić information content (AvgIpc) is 3.29. The quantitative estimate of drug-likeness (QED) is 0.698. The van der Waals surface area contributed by atoms with E-state index >= 15 is 4.39 Å². The second kappa shape index (κ2) is 8.88. The van der Waals surface area contributed by atoms with Crippen molar-refractivity contribution in [3.8, 4) is 0 Å². The standard InChI is InChI=1S/C24H32F2N6O2/c1-14(33)27-20-16(25)10-11-17(19(20)26)28-23-29-21-18(12-30(23)4)31(5)22(34)24(2,3)13-32(21)15-8-6-7-9-15/h10-12,15,23,28H,6-9,13H2,1-5H3,(H,27,33). The Labute approximate surface area is 198 Å². The summed E-state index contributed by atoms with van der Waals surface area (Å²) in [6, 6.07) is 2.65. The maximum Gasteiger partial charge on any atom is 0.234 e. The highest BCUT2D eigenvalue weighted by Gasteiger charge is 2.44. The fraction of sp³-hybridized carbons (Fsp3) is 0.542. The van der Waals surface area contributed by atoms with E-state index in [-0.39, 0.29) is 17.6 Å². The van der Waals surface area contributed by atoms with Gasteiger partial charge in [0.05, 0.1) is 11.1 Å². The minimum atomic E-state index is -0.902. The van der Waals surface area contributed by atoms with Crippen LogP contribution in [0.15, 0.2) is 29.0 Å². The molecule has 1 saturated heterocycles. The molecule has 10 heteroatoms. The zero-order valence-corrected chi connectivity index (χ0v) is 20.3. The van der Waals surface area contributed by atoms with E-state index in [1.165, 1.54) is 13.0 Å². The van der Waals surface area contributed by atoms with Crippen molar-refractivity contribution < 1.29 is 18.4 Å². The van der Waals surface area contributed by atoms with Crippen molar-refractivity contribution in [1.29, 1.82) is 0 Å². The summed E-state index contributed by atoms with van der Waals surface area (Å²) in [5.41, 5.74) is -0.403. The minimum absolute atomic E-state index is 0.00833. The number of amidine groups is 1. The molecule has 184 valence electrons. The largest absolute Gasteiger partial charge is 0.351 e. The Morgan fingerprint density at radius 2 is 1.85 bits per heavy atom. The van der Waals surface area contributed by atoms with Crippen LogP contribution in [0.1, 0.15) is 46.5 Å². The first-order chi connectivity index (χ1) is 16.0. The van der Waals surface area contributed by atoms with E-state index in [2.05, 4.69) is 15.5 Å². The van der Waals surface area contributed by atoms with Gasteiger partial charge in [0.15, 0.2) is 17.9 Å². The van der Waals surface area contributed by atoms with E-state index in [0.717, 1.165) is 31.7 Å². The lowest BCUT2D eigenvalue weighted by atomic mass is 9.91. The predicted molar refractivity (Wildman–Crippen MR) is 127 cm³/mol. The van der Waals surface area contributed by atoms with Gasteiger partial charge in [0.1, 0.15) is 17.2 Å². The number of halogens is 2. The van der Waals surface area contributed by atoms with Crippen molar-refractivity contribution >= 4 is 29.0 Å². The Morgan fingerprint density at radius 3 is 2.50 bits per heavy atom. The average molecular weight is 475 g/mol. The first-order valence-electron chi connectivity index (χ1n) is 11.6. The third-order valence-electron chi connectivity index (χ3n) is 6.71. The van der Waals surface area contributed by atoms with Crippen LogP contribution < -0.4 is 10.6 Å². The van der Waals surface area contributed by atoms with Gasteiger partial charge in [0.2, 0.25) is 11.8 Å². The molecule has 0 spiro atoms. The molecule has 1 atom stereocenters. The van der Waals surface area contributed by atoms with Crippen molar-refractivity contribution in [3.05, 3.63) is 35.7 Å². The molecule has 0 radical (unpaired) electrons. The molecule has 2 aliphatic heterocycles. The summed E-state index contributed by atoms with van der Waals surface area (Å²) in [6.07, 6.45) is 5.45. The molecule has 2 fully saturated rings. The van der Waals surface area contributed by atoms with Crippen LogP contribution in [0.2, 0.25) is 0 Å². The summed E-state index contributed by atoms with van der Waals surface area (Å²) >= 11 is 0. The van der Waals surface area contributed by atoms with Crippen LogP contribution in [0.25, 0.3) is 0 Å². The van der Waals surface area contributed by atoms with Crippen molar-refractivity contribution in [2.75, 3.05) is 31.3 Å². The van der Waals surface area contributed by atoms with Gasteiger partial charge in [0, 0.05) is 39.8 Å². The van der Waals surface area contributed by atoms with E-state index in [4.69, 9.17) is 4.99 Å². The van der Waals surface area contributed by atoms with Crippen LogP contribution in [0.5, 0.6) is 0 Å². The summed E-state index contributed by atoms with van der Waals surface area (Å²) in [5, 5.41) is 5.23. The number of nitrogens with one attached hydrogen (secondary N) is 2. The fourth-order valence-electron chi connectivity index (χ4n) is 4.93. The molecule has 1 saturated carbocycles. The number of benzene rings is 1. The summed E-state index contributed by atoms with van der Waals surface area (Å²) in [5.74, 6) is -1.63. The summed E-state index contributed by atoms with van der Waals surface area (Å²) in [4.78, 5) is 35.1. The van der Waals surface area contributed by atoms with E-state index in [0.29, 0.717) is 18.1 Å². The van der Waals surface area contributed by atoms with Crippen LogP contribution >= 0.6 is 0 Å². The molecule has 0 aromatic heterocycles. The monoisotopic (exact) mass is 474 g/mol. The van der Waals surface area contributed by atoms with E-state index < -0.39 is 34.9 Å². The molecule has 1 aromatic rings. The van der Waals surface area contributed by atoms with Gasteiger partial charge in [-0.05, 0) is 38.8 Å². The van der Waals surface area contributed by atoms with Crippen molar-refractivity contribution in [2.24, 2.45) is 10.4 Å². The first-order valence-corrected chi connectivity index (χ1v) is 11.6. The second-order valence-corrected chi connectivity index (χ2v) is 9.93. The molecule has 0 bridgehead atoms. The molecule has 4 rings (SSSR count). The highest BCUT2D eigenvalue weighted by Crippen LogP contribution is 2.36. The van der Waals surface area contributed by atoms with Crippen LogP contribution in [0.3, 0.4) is 0 Å². The number of carbonyl (C=O) groups excluding carboxylic acids is 2. The number of hydrogen-bond acceptors (Lipinski definition) is 6. The number of hydrogen-bond donors (Lipinski definition) is 2. The smallest absolute Gasteiger partial charge is 0.234 e. The van der Waals surface area contributed by atoms with Crippen LogP contribution in [-0.4, -0.2) is 65.3 Å². The van der Waals surface area contributed by atoms with E-state index in [1.54, 1.807) is 23.9 Å². The number of amides is 2. The summed E-state index contributed by atoms with van der Waals surface area (Å²) in [7, 11) is 3.53. The molecule has 2 N–H and O–H groups in total. The van der Waals surface area contributed by atoms with Gasteiger partial charge in [-0.3, -0.25) is 9.59 Å². The third kappa shape index (κ3) is 4.33. The molecular formula is C24H32F2N6O2. The molecule has 1 aliphatic carbocycles. The van der Waals surface area contributed by atoms with Gasteiger partial charge in [-0.15, -0.1) is 0 Å². The molecule has 8 nitrogen and oxygen atoms in total. The number of carbonyl (C=O) groups is 2. The Kier molecular flexibility index (Phi) is 6.26. The first kappa shape index (κ1) is 24.0. The number of fused-ring (bicyclic) bond motifs is 1. The second-order valence-electron chi connectivity index (χ2n) is 9.93. The molecule has 2 heterocycles. The minimum Gasteiger partial charge on any atom is -0.351 e. The predicted octanol–water partition coefficient (Wildman–Crippen LogP) is 3.55. The van der Waals surface area contributed by atoms with Gasteiger partial charge in [0.25, 0.3) is 0 Å². The third-order valence-corrected chi connectivity index (χ3v) is 6.71. The summed E-state index contributed by atoms with van der Waals surface area (Å²) in [6.45, 7) is 5.62.